The largest absolute Gasteiger partial charge is 0.497 e. The summed E-state index contributed by atoms with van der Waals surface area (Å²) in [5.41, 5.74) is 2.58. The number of nitrogens with zero attached hydrogens (tertiary/aromatic N) is 3. The van der Waals surface area contributed by atoms with Gasteiger partial charge < -0.3 is 10.1 Å². The number of carbonyl (C=O) groups excluding carboxylic acids is 3. The third-order valence-corrected chi connectivity index (χ3v) is 6.59. The molecule has 1 aliphatic rings. The van der Waals surface area contributed by atoms with Gasteiger partial charge in [-0.3, -0.25) is 19.7 Å². The van der Waals surface area contributed by atoms with Crippen LogP contribution in [0.4, 0.5) is 4.79 Å². The van der Waals surface area contributed by atoms with Crippen molar-refractivity contribution in [2.75, 3.05) is 7.11 Å². The number of aryl methyl sites for hydroxylation is 1. The first-order valence-electron chi connectivity index (χ1n) is 10.2. The number of benzene rings is 1. The Hall–Kier alpha value is -3.40. The SMILES string of the molecule is COc1ccc([C@@]2(C)NC(=O)N(NC(=O)c3cc4c(C)nn(CC(C)C)c4s3)C2=O)cc1. The lowest BCUT2D eigenvalue weighted by atomic mass is 9.92. The first-order valence-corrected chi connectivity index (χ1v) is 11.0. The van der Waals surface area contributed by atoms with E-state index in [9.17, 15) is 14.4 Å². The van der Waals surface area contributed by atoms with E-state index in [0.717, 1.165) is 27.5 Å². The number of nitrogens with one attached hydrogen (secondary N) is 2. The molecule has 1 atom stereocenters. The van der Waals surface area contributed by atoms with Gasteiger partial charge in [-0.25, -0.2) is 4.79 Å². The van der Waals surface area contributed by atoms with Crippen LogP contribution < -0.4 is 15.5 Å². The minimum absolute atomic E-state index is 0.400. The summed E-state index contributed by atoms with van der Waals surface area (Å²) in [5.74, 6) is -0.0535. The van der Waals surface area contributed by atoms with Crippen molar-refractivity contribution in [3.8, 4) is 5.75 Å². The smallest absolute Gasteiger partial charge is 0.344 e. The summed E-state index contributed by atoms with van der Waals surface area (Å²) in [6.07, 6.45) is 0. The van der Waals surface area contributed by atoms with Crippen molar-refractivity contribution in [2.24, 2.45) is 5.92 Å². The second-order valence-corrected chi connectivity index (χ2v) is 9.39. The zero-order valence-corrected chi connectivity index (χ0v) is 19.4. The van der Waals surface area contributed by atoms with Crippen molar-refractivity contribution < 1.29 is 19.1 Å². The highest BCUT2D eigenvalue weighted by atomic mass is 32.1. The van der Waals surface area contributed by atoms with Gasteiger partial charge in [-0.15, -0.1) is 11.3 Å². The fraction of sp³-hybridized carbons (Fsp3) is 0.364. The number of hydrogen-bond acceptors (Lipinski definition) is 6. The molecule has 32 heavy (non-hydrogen) atoms. The van der Waals surface area contributed by atoms with E-state index in [1.165, 1.54) is 11.3 Å². The topological polar surface area (TPSA) is 106 Å². The zero-order valence-electron chi connectivity index (χ0n) is 18.6. The van der Waals surface area contributed by atoms with Crippen molar-refractivity contribution in [2.45, 2.75) is 39.8 Å². The highest BCUT2D eigenvalue weighted by molar-refractivity contribution is 7.20. The number of hydrogen-bond donors (Lipinski definition) is 2. The average molecular weight is 456 g/mol. The van der Waals surface area contributed by atoms with Gasteiger partial charge in [0.15, 0.2) is 0 Å². The Bertz CT molecular complexity index is 1210. The summed E-state index contributed by atoms with van der Waals surface area (Å²) in [6, 6.07) is 7.89. The van der Waals surface area contributed by atoms with Crippen LogP contribution in [0.3, 0.4) is 0 Å². The van der Waals surface area contributed by atoms with Crippen molar-refractivity contribution in [1.29, 1.82) is 0 Å². The Morgan fingerprint density at radius 1 is 1.28 bits per heavy atom. The Labute approximate surface area is 189 Å². The summed E-state index contributed by atoms with van der Waals surface area (Å²) in [6.45, 7) is 8.43. The molecular formula is C22H25N5O4S. The van der Waals surface area contributed by atoms with Crippen molar-refractivity contribution in [1.82, 2.24) is 25.5 Å². The van der Waals surface area contributed by atoms with Crippen LogP contribution in [0.2, 0.25) is 0 Å². The third kappa shape index (κ3) is 3.60. The van der Waals surface area contributed by atoms with Gasteiger partial charge in [-0.2, -0.15) is 10.1 Å². The van der Waals surface area contributed by atoms with E-state index in [1.54, 1.807) is 44.4 Å². The van der Waals surface area contributed by atoms with Crippen LogP contribution >= 0.6 is 11.3 Å². The van der Waals surface area contributed by atoms with E-state index in [4.69, 9.17) is 4.74 Å². The summed E-state index contributed by atoms with van der Waals surface area (Å²) < 4.78 is 7.04. The highest BCUT2D eigenvalue weighted by Crippen LogP contribution is 2.31. The van der Waals surface area contributed by atoms with Gasteiger partial charge in [-0.1, -0.05) is 26.0 Å². The van der Waals surface area contributed by atoms with Crippen LogP contribution in [0, 0.1) is 12.8 Å². The molecular weight excluding hydrogens is 430 g/mol. The fourth-order valence-electron chi connectivity index (χ4n) is 3.71. The van der Waals surface area contributed by atoms with E-state index >= 15 is 0 Å². The average Bonchev–Trinajstić information content (AvgIpc) is 3.38. The summed E-state index contributed by atoms with van der Waals surface area (Å²) >= 11 is 1.29. The molecule has 1 fully saturated rings. The number of imide groups is 1. The monoisotopic (exact) mass is 455 g/mol. The van der Waals surface area contributed by atoms with Gasteiger partial charge in [0.05, 0.1) is 17.7 Å². The molecule has 168 valence electrons. The lowest BCUT2D eigenvalue weighted by Gasteiger charge is -2.22. The molecule has 1 aromatic carbocycles. The molecule has 1 aliphatic heterocycles. The van der Waals surface area contributed by atoms with Gasteiger partial charge >= 0.3 is 6.03 Å². The van der Waals surface area contributed by atoms with Gasteiger partial charge in [0, 0.05) is 11.9 Å². The molecule has 10 heteroatoms. The van der Waals surface area contributed by atoms with Crippen LogP contribution in [0.25, 0.3) is 10.2 Å². The number of carbonyl (C=O) groups is 3. The van der Waals surface area contributed by atoms with Gasteiger partial charge in [-0.05, 0) is 43.5 Å². The van der Waals surface area contributed by atoms with Crippen LogP contribution in [0.15, 0.2) is 30.3 Å². The minimum atomic E-state index is -1.30. The molecule has 3 aromatic rings. The molecule has 0 saturated carbocycles. The van der Waals surface area contributed by atoms with Gasteiger partial charge in [0.1, 0.15) is 16.1 Å². The van der Waals surface area contributed by atoms with Crippen LogP contribution in [0.5, 0.6) is 5.75 Å². The second kappa shape index (κ2) is 7.94. The number of methoxy groups -OCH3 is 1. The molecule has 9 nitrogen and oxygen atoms in total. The van der Waals surface area contributed by atoms with Crippen LogP contribution in [-0.4, -0.2) is 39.7 Å². The first-order chi connectivity index (χ1) is 15.1. The van der Waals surface area contributed by atoms with Crippen molar-refractivity contribution in [3.05, 3.63) is 46.5 Å². The van der Waals surface area contributed by atoms with Gasteiger partial charge in [0.25, 0.3) is 11.8 Å². The highest BCUT2D eigenvalue weighted by Gasteiger charge is 2.50. The third-order valence-electron chi connectivity index (χ3n) is 5.44. The molecule has 2 N–H and O–H groups in total. The Morgan fingerprint density at radius 2 is 1.97 bits per heavy atom. The summed E-state index contributed by atoms with van der Waals surface area (Å²) in [5, 5.41) is 8.84. The normalized spacial score (nSPS) is 18.5. The number of rotatable bonds is 6. The zero-order chi connectivity index (χ0) is 23.2. The lowest BCUT2D eigenvalue weighted by Crippen LogP contribution is -2.47. The lowest BCUT2D eigenvalue weighted by molar-refractivity contribution is -0.132. The maximum absolute atomic E-state index is 13.1. The van der Waals surface area contributed by atoms with Gasteiger partial charge in [0.2, 0.25) is 0 Å². The summed E-state index contributed by atoms with van der Waals surface area (Å²) in [7, 11) is 1.55. The number of aromatic nitrogens is 2. The van der Waals surface area contributed by atoms with E-state index in [0.29, 0.717) is 22.1 Å². The summed E-state index contributed by atoms with van der Waals surface area (Å²) in [4.78, 5) is 39.9. The number of thiophene rings is 1. The van der Waals surface area contributed by atoms with Crippen molar-refractivity contribution in [3.63, 3.8) is 0 Å². The molecule has 0 bridgehead atoms. The predicted molar refractivity (Wildman–Crippen MR) is 120 cm³/mol. The molecule has 4 amide bonds. The predicted octanol–water partition coefficient (Wildman–Crippen LogP) is 3.18. The molecule has 3 heterocycles. The Kier molecular flexibility index (Phi) is 5.41. The molecule has 0 spiro atoms. The van der Waals surface area contributed by atoms with E-state index in [2.05, 4.69) is 29.7 Å². The number of amides is 4. The minimum Gasteiger partial charge on any atom is -0.497 e. The van der Waals surface area contributed by atoms with Crippen LogP contribution in [-0.2, 0) is 16.9 Å². The number of hydrazine groups is 1. The van der Waals surface area contributed by atoms with E-state index in [1.807, 2.05) is 11.6 Å². The maximum atomic E-state index is 13.1. The Morgan fingerprint density at radius 3 is 2.59 bits per heavy atom. The first kappa shape index (κ1) is 21.8. The van der Waals surface area contributed by atoms with Crippen molar-refractivity contribution >= 4 is 39.4 Å². The number of urea groups is 1. The number of fused-ring (bicyclic) bond motifs is 1. The molecule has 0 aliphatic carbocycles. The maximum Gasteiger partial charge on any atom is 0.344 e. The molecule has 2 aromatic heterocycles. The molecule has 0 radical (unpaired) electrons. The van der Waals surface area contributed by atoms with E-state index in [-0.39, 0.29) is 0 Å². The molecule has 0 unspecified atom stereocenters. The Balaban J connectivity index is 1.56. The number of ether oxygens (including phenoxy) is 1. The van der Waals surface area contributed by atoms with E-state index < -0.39 is 23.4 Å². The molecule has 1 saturated heterocycles. The molecule has 4 rings (SSSR count). The fourth-order valence-corrected chi connectivity index (χ4v) is 4.77. The quantitative estimate of drug-likeness (QED) is 0.556. The second-order valence-electron chi connectivity index (χ2n) is 8.36. The standard InChI is InChI=1S/C22H25N5O4S/c1-12(2)11-26-19-16(13(3)24-26)10-17(32-19)18(28)25-27-20(29)22(4,23-21(27)30)14-6-8-15(31-5)9-7-14/h6-10,12H,11H2,1-5H3,(H,23,30)(H,25,28)/t22-/m1/s1. The van der Waals surface area contributed by atoms with Crippen LogP contribution in [0.1, 0.15) is 41.7 Å².